The molecule has 0 bridgehead atoms. The number of hydrogen-bond donors (Lipinski definition) is 1. The summed E-state index contributed by atoms with van der Waals surface area (Å²) in [7, 11) is 1.97. The van der Waals surface area contributed by atoms with Crippen LogP contribution in [0.5, 0.6) is 0 Å². The number of rotatable bonds is 3. The zero-order valence-corrected chi connectivity index (χ0v) is 7.17. The van der Waals surface area contributed by atoms with Crippen LogP contribution in [0.1, 0.15) is 13.3 Å². The molecule has 0 aromatic carbocycles. The van der Waals surface area contributed by atoms with Crippen molar-refractivity contribution < 1.29 is 0 Å². The van der Waals surface area contributed by atoms with Crippen molar-refractivity contribution in [3.63, 3.8) is 0 Å². The molecule has 0 aromatic heterocycles. The second-order valence-corrected chi connectivity index (χ2v) is 2.99. The first-order valence-corrected chi connectivity index (χ1v) is 4.12. The van der Waals surface area contributed by atoms with Crippen molar-refractivity contribution in [2.75, 3.05) is 20.1 Å². The Hall–Kier alpha value is -0.590. The fraction of sp³-hybridized carbons (Fsp3) is 0.875. The highest BCUT2D eigenvalue weighted by molar-refractivity contribution is 4.98. The molecule has 3 heteroatoms. The summed E-state index contributed by atoms with van der Waals surface area (Å²) in [5, 5.41) is 11.9. The fourth-order valence-corrected chi connectivity index (χ4v) is 1.38. The number of nitrogens with zero attached hydrogens (tertiary/aromatic N) is 2. The van der Waals surface area contributed by atoms with E-state index in [-0.39, 0.29) is 6.04 Å². The largest absolute Gasteiger partial charge is 0.315 e. The maximum Gasteiger partial charge on any atom is 0.0976 e. The molecule has 1 aliphatic rings. The molecule has 0 saturated carbocycles. The van der Waals surface area contributed by atoms with Gasteiger partial charge in [0, 0.05) is 19.1 Å². The SMILES string of the molecule is CCC(C#N)N1CC(NC)C1. The van der Waals surface area contributed by atoms with Crippen molar-refractivity contribution in [1.82, 2.24) is 10.2 Å². The van der Waals surface area contributed by atoms with Crippen molar-refractivity contribution in [1.29, 1.82) is 5.26 Å². The van der Waals surface area contributed by atoms with Crippen LogP contribution in [0, 0.1) is 11.3 Å². The van der Waals surface area contributed by atoms with E-state index in [4.69, 9.17) is 5.26 Å². The lowest BCUT2D eigenvalue weighted by molar-refractivity contribution is 0.102. The molecule has 0 aromatic rings. The monoisotopic (exact) mass is 153 g/mol. The molecule has 1 unspecified atom stereocenters. The molecular weight excluding hydrogens is 138 g/mol. The van der Waals surface area contributed by atoms with Gasteiger partial charge < -0.3 is 5.32 Å². The number of likely N-dealkylation sites (N-methyl/N-ethyl adjacent to an activating group) is 1. The Bertz CT molecular complexity index is 155. The van der Waals surface area contributed by atoms with E-state index in [0.717, 1.165) is 19.5 Å². The second kappa shape index (κ2) is 3.70. The molecule has 1 heterocycles. The topological polar surface area (TPSA) is 39.1 Å². The van der Waals surface area contributed by atoms with Gasteiger partial charge in [0.25, 0.3) is 0 Å². The van der Waals surface area contributed by atoms with Crippen LogP contribution >= 0.6 is 0 Å². The van der Waals surface area contributed by atoms with Crippen LogP contribution in [0.3, 0.4) is 0 Å². The van der Waals surface area contributed by atoms with Gasteiger partial charge in [-0.15, -0.1) is 0 Å². The van der Waals surface area contributed by atoms with E-state index in [2.05, 4.69) is 23.2 Å². The van der Waals surface area contributed by atoms with Crippen LogP contribution < -0.4 is 5.32 Å². The molecule has 62 valence electrons. The molecule has 1 fully saturated rings. The van der Waals surface area contributed by atoms with Crippen molar-refractivity contribution in [2.24, 2.45) is 0 Å². The van der Waals surface area contributed by atoms with Crippen molar-refractivity contribution in [2.45, 2.75) is 25.4 Å². The van der Waals surface area contributed by atoms with Gasteiger partial charge in [-0.1, -0.05) is 6.92 Å². The van der Waals surface area contributed by atoms with E-state index in [9.17, 15) is 0 Å². The molecule has 1 aliphatic heterocycles. The summed E-state index contributed by atoms with van der Waals surface area (Å²) in [5.41, 5.74) is 0. The van der Waals surface area contributed by atoms with Gasteiger partial charge in [0.2, 0.25) is 0 Å². The summed E-state index contributed by atoms with van der Waals surface area (Å²) >= 11 is 0. The van der Waals surface area contributed by atoms with E-state index in [1.54, 1.807) is 0 Å². The Labute approximate surface area is 68.0 Å². The number of likely N-dealkylation sites (tertiary alicyclic amines) is 1. The molecule has 0 amide bonds. The van der Waals surface area contributed by atoms with Crippen molar-refractivity contribution in [3.05, 3.63) is 0 Å². The Morgan fingerprint density at radius 1 is 1.73 bits per heavy atom. The maximum absolute atomic E-state index is 8.71. The highest BCUT2D eigenvalue weighted by Crippen LogP contribution is 2.13. The number of nitrogens with one attached hydrogen (secondary N) is 1. The number of hydrogen-bond acceptors (Lipinski definition) is 3. The van der Waals surface area contributed by atoms with Gasteiger partial charge in [-0.25, -0.2) is 0 Å². The van der Waals surface area contributed by atoms with E-state index in [1.165, 1.54) is 0 Å². The molecule has 1 rings (SSSR count). The molecular formula is C8H15N3. The molecule has 3 nitrogen and oxygen atoms in total. The zero-order valence-electron chi connectivity index (χ0n) is 7.17. The van der Waals surface area contributed by atoms with Crippen molar-refractivity contribution in [3.8, 4) is 6.07 Å². The van der Waals surface area contributed by atoms with Crippen LogP contribution in [0.15, 0.2) is 0 Å². The highest BCUT2D eigenvalue weighted by atomic mass is 15.3. The molecule has 1 saturated heterocycles. The number of nitriles is 1. The van der Waals surface area contributed by atoms with Crippen LogP contribution in [0.4, 0.5) is 0 Å². The summed E-state index contributed by atoms with van der Waals surface area (Å²) in [6.45, 7) is 4.12. The van der Waals surface area contributed by atoms with E-state index >= 15 is 0 Å². The zero-order chi connectivity index (χ0) is 8.27. The molecule has 0 radical (unpaired) electrons. The molecule has 1 atom stereocenters. The first kappa shape index (κ1) is 8.51. The van der Waals surface area contributed by atoms with Gasteiger partial charge in [0.15, 0.2) is 0 Å². The molecule has 0 spiro atoms. The van der Waals surface area contributed by atoms with Gasteiger partial charge in [-0.2, -0.15) is 5.26 Å². The van der Waals surface area contributed by atoms with E-state index in [1.807, 2.05) is 7.05 Å². The first-order valence-electron chi connectivity index (χ1n) is 4.12. The van der Waals surface area contributed by atoms with Crippen LogP contribution in [-0.4, -0.2) is 37.1 Å². The third kappa shape index (κ3) is 1.70. The first-order chi connectivity index (χ1) is 5.31. The molecule has 0 aliphatic carbocycles. The fourth-order valence-electron chi connectivity index (χ4n) is 1.38. The average Bonchev–Trinajstić information content (AvgIpc) is 1.95. The molecule has 11 heavy (non-hydrogen) atoms. The van der Waals surface area contributed by atoms with Crippen molar-refractivity contribution >= 4 is 0 Å². The lowest BCUT2D eigenvalue weighted by Gasteiger charge is -2.41. The average molecular weight is 153 g/mol. The lowest BCUT2D eigenvalue weighted by atomic mass is 10.0. The Morgan fingerprint density at radius 2 is 2.36 bits per heavy atom. The van der Waals surface area contributed by atoms with Crippen LogP contribution in [0.25, 0.3) is 0 Å². The van der Waals surface area contributed by atoms with E-state index in [0.29, 0.717) is 6.04 Å². The lowest BCUT2D eigenvalue weighted by Crippen LogP contribution is -2.59. The minimum Gasteiger partial charge on any atom is -0.315 e. The minimum absolute atomic E-state index is 0.139. The normalized spacial score (nSPS) is 22.3. The summed E-state index contributed by atoms with van der Waals surface area (Å²) < 4.78 is 0. The summed E-state index contributed by atoms with van der Waals surface area (Å²) in [5.74, 6) is 0. The Kier molecular flexibility index (Phi) is 2.86. The van der Waals surface area contributed by atoms with Gasteiger partial charge >= 0.3 is 0 Å². The quantitative estimate of drug-likeness (QED) is 0.629. The summed E-state index contributed by atoms with van der Waals surface area (Å²) in [6, 6.07) is 3.04. The standard InChI is InChI=1S/C8H15N3/c1-3-8(4-9)11-5-7(6-11)10-2/h7-8,10H,3,5-6H2,1-2H3. The van der Waals surface area contributed by atoms with Gasteiger partial charge in [0.05, 0.1) is 12.1 Å². The summed E-state index contributed by atoms with van der Waals surface area (Å²) in [6.07, 6.45) is 0.937. The predicted octanol–water partition coefficient (Wildman–Crippen LogP) is 0.192. The van der Waals surface area contributed by atoms with E-state index < -0.39 is 0 Å². The summed E-state index contributed by atoms with van der Waals surface area (Å²) in [4.78, 5) is 2.21. The third-order valence-corrected chi connectivity index (χ3v) is 2.29. The third-order valence-electron chi connectivity index (χ3n) is 2.29. The Morgan fingerprint density at radius 3 is 2.73 bits per heavy atom. The second-order valence-electron chi connectivity index (χ2n) is 2.99. The van der Waals surface area contributed by atoms with Gasteiger partial charge in [0.1, 0.15) is 0 Å². The predicted molar refractivity (Wildman–Crippen MR) is 44.1 cm³/mol. The van der Waals surface area contributed by atoms with Crippen LogP contribution in [-0.2, 0) is 0 Å². The Balaban J connectivity index is 2.26. The van der Waals surface area contributed by atoms with Crippen LogP contribution in [0.2, 0.25) is 0 Å². The van der Waals surface area contributed by atoms with Gasteiger partial charge in [-0.3, -0.25) is 4.90 Å². The van der Waals surface area contributed by atoms with Gasteiger partial charge in [-0.05, 0) is 13.5 Å². The molecule has 1 N–H and O–H groups in total. The highest BCUT2D eigenvalue weighted by Gasteiger charge is 2.29. The maximum atomic E-state index is 8.71. The minimum atomic E-state index is 0.139. The smallest absolute Gasteiger partial charge is 0.0976 e.